The van der Waals surface area contributed by atoms with Crippen molar-refractivity contribution >= 4 is 29.4 Å². The van der Waals surface area contributed by atoms with Crippen LogP contribution in [0.3, 0.4) is 0 Å². The molecular formula is C27H24N2O5. The topological polar surface area (TPSA) is 84.0 Å². The van der Waals surface area contributed by atoms with Crippen LogP contribution in [0.4, 0.5) is 5.69 Å². The van der Waals surface area contributed by atoms with Crippen LogP contribution in [0, 0.1) is 0 Å². The molecule has 4 rings (SSSR count). The number of esters is 1. The lowest BCUT2D eigenvalue weighted by Crippen LogP contribution is -2.39. The molecule has 3 aromatic rings. The van der Waals surface area contributed by atoms with Crippen LogP contribution >= 0.6 is 0 Å². The van der Waals surface area contributed by atoms with E-state index in [2.05, 4.69) is 0 Å². The number of ether oxygens (including phenoxy) is 1. The summed E-state index contributed by atoms with van der Waals surface area (Å²) in [6.45, 7) is 3.49. The molecule has 7 heteroatoms. The Labute approximate surface area is 197 Å². The summed E-state index contributed by atoms with van der Waals surface area (Å²) < 4.78 is 5.24. The maximum Gasteiger partial charge on any atom is 0.338 e. The van der Waals surface area contributed by atoms with Crippen molar-refractivity contribution < 1.29 is 23.9 Å². The Bertz CT molecular complexity index is 1200. The van der Waals surface area contributed by atoms with Gasteiger partial charge in [0.1, 0.15) is 0 Å². The zero-order chi connectivity index (χ0) is 24.2. The fourth-order valence-corrected chi connectivity index (χ4v) is 3.91. The summed E-state index contributed by atoms with van der Waals surface area (Å²) in [6.07, 6.45) is 0. The highest BCUT2D eigenvalue weighted by Gasteiger charge is 2.34. The third-order valence-corrected chi connectivity index (χ3v) is 5.55. The number of amides is 3. The van der Waals surface area contributed by atoms with Crippen molar-refractivity contribution in [2.45, 2.75) is 26.4 Å². The first kappa shape index (κ1) is 22.9. The van der Waals surface area contributed by atoms with Gasteiger partial charge in [0.2, 0.25) is 0 Å². The van der Waals surface area contributed by atoms with E-state index in [9.17, 15) is 19.2 Å². The number of rotatable bonds is 7. The van der Waals surface area contributed by atoms with Gasteiger partial charge in [0.05, 0.1) is 23.2 Å². The second-order valence-electron chi connectivity index (χ2n) is 8.21. The number of carbonyl (C=O) groups is 4. The first-order valence-electron chi connectivity index (χ1n) is 10.9. The molecule has 7 nitrogen and oxygen atoms in total. The van der Waals surface area contributed by atoms with Gasteiger partial charge in [-0.1, -0.05) is 42.5 Å². The fraction of sp³-hybridized carbons (Fsp3) is 0.185. The number of imide groups is 1. The summed E-state index contributed by atoms with van der Waals surface area (Å²) in [5, 5.41) is 0. The number of fused-ring (bicyclic) bond motifs is 1. The highest BCUT2D eigenvalue weighted by molar-refractivity contribution is 6.21. The van der Waals surface area contributed by atoms with Crippen molar-refractivity contribution in [3.8, 4) is 0 Å². The van der Waals surface area contributed by atoms with Crippen molar-refractivity contribution in [2.75, 3.05) is 11.5 Å². The quantitative estimate of drug-likeness (QED) is 0.395. The highest BCUT2D eigenvalue weighted by Crippen LogP contribution is 2.24. The third kappa shape index (κ3) is 4.59. The molecule has 0 radical (unpaired) electrons. The van der Waals surface area contributed by atoms with Crippen molar-refractivity contribution in [2.24, 2.45) is 0 Å². The number of hydrogen-bond acceptors (Lipinski definition) is 5. The molecule has 0 N–H and O–H groups in total. The lowest BCUT2D eigenvalue weighted by Gasteiger charge is -2.26. The van der Waals surface area contributed by atoms with Gasteiger partial charge in [-0.2, -0.15) is 0 Å². The Morgan fingerprint density at radius 3 is 1.94 bits per heavy atom. The van der Waals surface area contributed by atoms with E-state index < -0.39 is 5.97 Å². The van der Waals surface area contributed by atoms with E-state index >= 15 is 0 Å². The van der Waals surface area contributed by atoms with E-state index in [1.165, 1.54) is 4.90 Å². The minimum atomic E-state index is -0.627. The lowest BCUT2D eigenvalue weighted by atomic mass is 10.1. The summed E-state index contributed by atoms with van der Waals surface area (Å²) in [4.78, 5) is 53.0. The van der Waals surface area contributed by atoms with E-state index in [4.69, 9.17) is 4.74 Å². The summed E-state index contributed by atoms with van der Waals surface area (Å²) >= 11 is 0. The molecule has 0 unspecified atom stereocenters. The van der Waals surface area contributed by atoms with E-state index in [0.29, 0.717) is 16.7 Å². The van der Waals surface area contributed by atoms with Crippen LogP contribution in [0.25, 0.3) is 0 Å². The Hall–Kier alpha value is -4.26. The second-order valence-corrected chi connectivity index (χ2v) is 8.21. The molecule has 0 fully saturated rings. The minimum Gasteiger partial charge on any atom is -0.452 e. The largest absolute Gasteiger partial charge is 0.452 e. The monoisotopic (exact) mass is 456 g/mol. The summed E-state index contributed by atoms with van der Waals surface area (Å²) in [6, 6.07) is 22.2. The number of benzene rings is 3. The van der Waals surface area contributed by atoms with Crippen LogP contribution in [0.15, 0.2) is 78.9 Å². The maximum absolute atomic E-state index is 12.7. The first-order chi connectivity index (χ1) is 16.4. The number of carbonyl (C=O) groups excluding carboxylic acids is 4. The van der Waals surface area contributed by atoms with Crippen molar-refractivity contribution in [3.05, 3.63) is 101 Å². The molecule has 3 aromatic carbocycles. The molecule has 0 aromatic heterocycles. The smallest absolute Gasteiger partial charge is 0.338 e. The van der Waals surface area contributed by atoms with Crippen molar-refractivity contribution in [1.82, 2.24) is 4.90 Å². The van der Waals surface area contributed by atoms with Crippen LogP contribution < -0.4 is 4.90 Å². The summed E-state index contributed by atoms with van der Waals surface area (Å²) in [5.74, 6) is -1.62. The first-order valence-corrected chi connectivity index (χ1v) is 10.9. The van der Waals surface area contributed by atoms with E-state index in [1.54, 1.807) is 53.4 Å². The minimum absolute atomic E-state index is 0.0978. The van der Waals surface area contributed by atoms with Gasteiger partial charge in [-0.05, 0) is 55.8 Å². The molecular weight excluding hydrogens is 432 g/mol. The highest BCUT2D eigenvalue weighted by atomic mass is 16.5. The Morgan fingerprint density at radius 1 is 0.824 bits per heavy atom. The van der Waals surface area contributed by atoms with Gasteiger partial charge in [0, 0.05) is 11.7 Å². The zero-order valence-electron chi connectivity index (χ0n) is 18.9. The summed E-state index contributed by atoms with van der Waals surface area (Å²) in [7, 11) is 0. The lowest BCUT2D eigenvalue weighted by molar-refractivity contribution is -0.122. The number of anilines is 1. The predicted molar refractivity (Wildman–Crippen MR) is 126 cm³/mol. The molecule has 0 aliphatic carbocycles. The van der Waals surface area contributed by atoms with E-state index in [1.807, 2.05) is 44.2 Å². The van der Waals surface area contributed by atoms with Crippen LogP contribution in [0.5, 0.6) is 0 Å². The molecule has 0 saturated carbocycles. The standard InChI is InChI=1S/C27H24N2O5/c1-18(2)29(21-8-4-3-5-9-21)24(30)17-34-27(33)20-14-12-19(13-15-20)16-28-25(31)22-10-6-7-11-23(22)26(28)32/h3-15,18H,16-17H2,1-2H3. The van der Waals surface area contributed by atoms with Crippen LogP contribution in [-0.4, -0.2) is 41.2 Å². The normalized spacial score (nSPS) is 12.6. The molecule has 172 valence electrons. The molecule has 1 aliphatic rings. The SMILES string of the molecule is CC(C)N(C(=O)COC(=O)c1ccc(CN2C(=O)c3ccccc3C2=O)cc1)c1ccccc1. The fourth-order valence-electron chi connectivity index (χ4n) is 3.91. The molecule has 1 heterocycles. The van der Waals surface area contributed by atoms with Gasteiger partial charge in [-0.3, -0.25) is 19.3 Å². The van der Waals surface area contributed by atoms with Gasteiger partial charge in [-0.15, -0.1) is 0 Å². The maximum atomic E-state index is 12.7. The molecule has 0 bridgehead atoms. The van der Waals surface area contributed by atoms with Crippen LogP contribution in [0.2, 0.25) is 0 Å². The van der Waals surface area contributed by atoms with Crippen LogP contribution in [-0.2, 0) is 16.1 Å². The number of para-hydroxylation sites is 1. The molecule has 1 aliphatic heterocycles. The zero-order valence-corrected chi connectivity index (χ0v) is 18.9. The van der Waals surface area contributed by atoms with Crippen molar-refractivity contribution in [3.63, 3.8) is 0 Å². The number of nitrogens with zero attached hydrogens (tertiary/aromatic N) is 2. The van der Waals surface area contributed by atoms with Gasteiger partial charge >= 0.3 is 5.97 Å². The third-order valence-electron chi connectivity index (χ3n) is 5.55. The predicted octanol–water partition coefficient (Wildman–Crippen LogP) is 4.08. The van der Waals surface area contributed by atoms with Crippen molar-refractivity contribution in [1.29, 1.82) is 0 Å². The summed E-state index contributed by atoms with van der Waals surface area (Å²) in [5.41, 5.74) is 2.48. The average Bonchev–Trinajstić information content (AvgIpc) is 3.08. The Morgan fingerprint density at radius 2 is 1.38 bits per heavy atom. The van der Waals surface area contributed by atoms with Crippen LogP contribution in [0.1, 0.15) is 50.5 Å². The van der Waals surface area contributed by atoms with E-state index in [-0.39, 0.29) is 42.5 Å². The Balaban J connectivity index is 1.37. The molecule has 3 amide bonds. The van der Waals surface area contributed by atoms with E-state index in [0.717, 1.165) is 5.69 Å². The van der Waals surface area contributed by atoms with Gasteiger partial charge in [-0.25, -0.2) is 4.79 Å². The second kappa shape index (κ2) is 9.70. The molecule has 0 atom stereocenters. The van der Waals surface area contributed by atoms with Gasteiger partial charge in [0.15, 0.2) is 6.61 Å². The van der Waals surface area contributed by atoms with Gasteiger partial charge < -0.3 is 9.64 Å². The molecule has 0 saturated heterocycles. The molecule has 34 heavy (non-hydrogen) atoms. The molecule has 0 spiro atoms. The van der Waals surface area contributed by atoms with Gasteiger partial charge in [0.25, 0.3) is 17.7 Å². The average molecular weight is 456 g/mol. The Kier molecular flexibility index (Phi) is 6.54. The number of hydrogen-bond donors (Lipinski definition) is 0.